The molecule has 12 rings (SSSR count). The second-order valence-corrected chi connectivity index (χ2v) is 32.0. The zero-order chi connectivity index (χ0) is 76.1. The number of esters is 5. The normalized spacial score (nSPS) is 28.5. The second kappa shape index (κ2) is 34.5. The summed E-state index contributed by atoms with van der Waals surface area (Å²) < 4.78 is 52.5. The number of carbonyl (C=O) groups excluding carboxylic acids is 12. The molecule has 0 bridgehead atoms. The summed E-state index contributed by atoms with van der Waals surface area (Å²) in [5, 5.41) is 58.1. The van der Waals surface area contributed by atoms with Crippen molar-refractivity contribution < 1.29 is 154 Å². The number of oxime groups is 3. The maximum absolute atomic E-state index is 13.4. The Morgan fingerprint density at radius 3 is 1.52 bits per heavy atom. The Kier molecular flexibility index (Phi) is 26.7. The summed E-state index contributed by atoms with van der Waals surface area (Å²) >= 11 is 4.96. The van der Waals surface area contributed by atoms with Crippen LogP contribution in [0.15, 0.2) is 54.9 Å². The van der Waals surface area contributed by atoms with E-state index in [-0.39, 0.29) is 159 Å². The minimum atomic E-state index is -2.36. The van der Waals surface area contributed by atoms with Gasteiger partial charge in [-0.15, -0.1) is 45.8 Å². The molecule has 9 saturated heterocycles. The van der Waals surface area contributed by atoms with Crippen LogP contribution in [0.2, 0.25) is 0 Å². The summed E-state index contributed by atoms with van der Waals surface area (Å²) in [4.78, 5) is 183. The molecule has 5 amide bonds. The predicted octanol–water partition coefficient (Wildman–Crippen LogP) is -6.36. The topological polar surface area (TPSA) is 532 Å². The van der Waals surface area contributed by atoms with E-state index in [1.807, 2.05) is 27.7 Å². The number of anilines is 1. The van der Waals surface area contributed by atoms with Crippen molar-refractivity contribution in [3.63, 3.8) is 0 Å². The van der Waals surface area contributed by atoms with Gasteiger partial charge in [0.1, 0.15) is 84.3 Å². The van der Waals surface area contributed by atoms with Crippen LogP contribution >= 0.6 is 45.8 Å². The second-order valence-electron chi connectivity index (χ2n) is 24.7. The molecule has 0 saturated carbocycles. The third-order valence-electron chi connectivity index (χ3n) is 17.2. The fourth-order valence-electron chi connectivity index (χ4n) is 12.5. The van der Waals surface area contributed by atoms with Gasteiger partial charge in [-0.25, -0.2) is 24.5 Å². The summed E-state index contributed by atoms with van der Waals surface area (Å²) in [7, 11) is -3.45. The number of thioether (sulfide) groups is 1. The van der Waals surface area contributed by atoms with Gasteiger partial charge in [0.25, 0.3) is 35.1 Å². The zero-order valence-electron chi connectivity index (χ0n) is 57.5. The Morgan fingerprint density at radius 2 is 1.05 bits per heavy atom. The molecule has 9 aliphatic rings. The SMILES string of the molecule is CC(C)=CCOC(=O)[C@]12OC(=O)C[C@H]1CS[C@@H]1[C@H](NC(=O)/C(=N\OCCO)c3csc(C)n3)C(=O)N12.CC(C)=CCOC(=O)[C@]12OC(=O)C[C@H]1C[S@](=O)[C@@H]1[C@H](CC(=O)/C(=N\OCCO)c3csc(C)n3)C(=O)N12.Nc1nc(/C(=N/OCCO)C(=O)N[C@@H]2C(=O)N3[C@@H]2[S@@](=O)C[C@@H]2CC(=O)O[C@@]23C(=O)[O-])cs1.[Na+]. The van der Waals surface area contributed by atoms with Gasteiger partial charge in [0.2, 0.25) is 11.6 Å². The molecule has 12 heterocycles. The molecule has 7 N–H and O–H groups in total. The van der Waals surface area contributed by atoms with Crippen molar-refractivity contribution in [1.29, 1.82) is 0 Å². The number of nitrogens with one attached hydrogen (secondary N) is 2. The maximum Gasteiger partial charge on any atom is 1.00 e. The van der Waals surface area contributed by atoms with Gasteiger partial charge in [-0.1, -0.05) is 26.6 Å². The Hall–Kier alpha value is -8.05. The largest absolute Gasteiger partial charge is 1.00 e. The smallest absolute Gasteiger partial charge is 0.544 e. The number of aromatic nitrogens is 3. The number of aliphatic hydroxyl groups is 3. The average Bonchev–Trinajstić information content (AvgIpc) is 1.18. The number of thiazole rings is 3. The van der Waals surface area contributed by atoms with Crippen molar-refractivity contribution in [1.82, 2.24) is 40.3 Å². The number of nitrogen functional groups attached to an aromatic ring is 1. The number of allylic oxidation sites excluding steroid dienone is 2. The number of carboxylic acid groups (broad SMARTS) is 1. The number of nitrogens with zero attached hydrogens (tertiary/aromatic N) is 9. The summed E-state index contributed by atoms with van der Waals surface area (Å²) in [6.45, 7) is 9.28. The number of ether oxygens (including phenoxy) is 5. The number of fused-ring (bicyclic) bond motifs is 9. The summed E-state index contributed by atoms with van der Waals surface area (Å²) in [6.07, 6.45) is 2.49. The van der Waals surface area contributed by atoms with Crippen molar-refractivity contribution >= 4 is 161 Å². The van der Waals surface area contributed by atoms with Crippen molar-refractivity contribution in [2.75, 3.05) is 75.8 Å². The molecule has 3 aromatic heterocycles. The van der Waals surface area contributed by atoms with Crippen LogP contribution in [0.25, 0.3) is 0 Å². The number of hydrogen-bond donors (Lipinski definition) is 6. The van der Waals surface area contributed by atoms with Gasteiger partial charge in [-0.05, 0) is 53.7 Å². The minimum absolute atomic E-state index is 0. The first kappa shape index (κ1) is 82.0. The summed E-state index contributed by atoms with van der Waals surface area (Å²) in [5.74, 6) is -13.4. The molecule has 3 aromatic rings. The van der Waals surface area contributed by atoms with Crippen molar-refractivity contribution in [2.45, 2.75) is 113 Å². The standard InChI is InChI=1S/C23H27N3O9S2.C22H26N4O8S2.C16H17N5O9S2.Na/c1-12(2)4-6-33-22(31)23-14(8-18(29)35-23)11-37(32)21-15(20(30)26(21)23)9-17(28)19(25-34-7-5-27)16-10-36-13(3)24-16;1-11(2)4-6-32-21(31)22-13(8-15(28)34-22)9-36-20-17(19(30)26(20)22)24-18(29)16(25-33-7-5-27)14-10-35-12(3)23-14;17-15-18-7(4-31-15)9(20-29-2-1-22)11(24)19-10-12(25)21-13(10)32(28)5-6-3-8(23)30-16(6,21)14(26)27;/h4,10,14-15,21,27H,5-9,11H2,1-3H3;4,10,13,17,20,27H,5-9H2,1-3H3,(H,24,29);4,6,10,13,22H,1-3,5H2,(H2,17,18)(H,19,24)(H,26,27);/q;;;+1/p-1/b25-19-;25-16-;20-9-;/t14-,15+,21+,23+,37-;13-,17+,20+,22+;6-,10+,13+,16+,32-;/m000./s1. The van der Waals surface area contributed by atoms with E-state index in [0.717, 1.165) is 27.4 Å². The number of amides is 5. The molecule has 45 heteroatoms. The van der Waals surface area contributed by atoms with Crippen LogP contribution in [0.1, 0.15) is 80.5 Å². The van der Waals surface area contributed by atoms with Crippen molar-refractivity contribution in [2.24, 2.45) is 39.1 Å². The zero-order valence-corrected chi connectivity index (χ0v) is 64.4. The monoisotopic (exact) mass is 1600 g/mol. The van der Waals surface area contributed by atoms with E-state index in [9.17, 15) is 71.1 Å². The quantitative estimate of drug-likeness (QED) is 0.00636. The van der Waals surface area contributed by atoms with E-state index in [2.05, 4.69) is 41.1 Å². The van der Waals surface area contributed by atoms with Crippen LogP contribution < -0.4 is 51.0 Å². The number of aliphatic carboxylic acids is 1. The molecule has 106 heavy (non-hydrogen) atoms. The van der Waals surface area contributed by atoms with Crippen molar-refractivity contribution in [3.8, 4) is 0 Å². The first-order valence-electron chi connectivity index (χ1n) is 32.0. The van der Waals surface area contributed by atoms with Crippen molar-refractivity contribution in [3.05, 3.63) is 66.5 Å². The number of carbonyl (C=O) groups is 12. The molecule has 566 valence electrons. The Bertz CT molecular complexity index is 4230. The van der Waals surface area contributed by atoms with Gasteiger partial charge < -0.3 is 79.8 Å². The Labute approximate surface area is 644 Å². The van der Waals surface area contributed by atoms with Gasteiger partial charge in [0, 0.05) is 73.3 Å². The van der Waals surface area contributed by atoms with Crippen LogP contribution in [0.3, 0.4) is 0 Å². The average molecular weight is 1600 g/mol. The number of Topliss-reactive ketones (excluding diaryl/α,β-unsaturated/α-hetero) is 1. The van der Waals surface area contributed by atoms with E-state index >= 15 is 0 Å². The van der Waals surface area contributed by atoms with Crippen LogP contribution in [0.5, 0.6) is 0 Å². The molecule has 38 nitrogen and oxygen atoms in total. The molecule has 0 spiro atoms. The van der Waals surface area contributed by atoms with E-state index < -0.39 is 162 Å². The van der Waals surface area contributed by atoms with E-state index in [4.69, 9.17) is 59.3 Å². The van der Waals surface area contributed by atoms with E-state index in [0.29, 0.717) is 20.7 Å². The number of β-lactam (4-membered cyclic amide) rings is 3. The molecular formula is C61H69N12NaO26S6. The molecular weight excluding hydrogens is 1530 g/mol. The fraction of sp³-hybridized carbons (Fsp3) is 0.541. The third-order valence-corrected chi connectivity index (χ3v) is 24.4. The number of aryl methyl sites for hydroxylation is 2. The molecule has 9 fully saturated rings. The maximum atomic E-state index is 13.4. The van der Waals surface area contributed by atoms with E-state index in [1.54, 1.807) is 36.8 Å². The molecule has 0 radical (unpaired) electrons. The minimum Gasteiger partial charge on any atom is -0.544 e. The Balaban J connectivity index is 0.000000184. The first-order chi connectivity index (χ1) is 50.0. The number of aliphatic hydroxyl groups excluding tert-OH is 3. The number of hydrogen-bond acceptors (Lipinski definition) is 37. The van der Waals surface area contributed by atoms with Gasteiger partial charge in [-0.3, -0.25) is 66.3 Å². The number of carboxylic acids is 1. The molecule has 14 atom stereocenters. The summed E-state index contributed by atoms with van der Waals surface area (Å²) in [6, 6.07) is -2.37. The number of nitrogens with two attached hydrogens (primary N) is 1. The fourth-order valence-corrected chi connectivity index (χ4v) is 19.8. The molecule has 0 aliphatic carbocycles. The molecule has 0 aromatic carbocycles. The van der Waals surface area contributed by atoms with Gasteiger partial charge in [-0.2, -0.15) is 0 Å². The van der Waals surface area contributed by atoms with Crippen LogP contribution in [0, 0.1) is 37.5 Å². The predicted molar refractivity (Wildman–Crippen MR) is 363 cm³/mol. The van der Waals surface area contributed by atoms with E-state index in [1.165, 1.54) is 44.7 Å². The summed E-state index contributed by atoms with van der Waals surface area (Å²) in [5.41, 5.74) is 1.10. The number of ketones is 1. The van der Waals surface area contributed by atoms with Gasteiger partial charge in [0.15, 0.2) is 28.0 Å². The number of rotatable bonds is 26. The third kappa shape index (κ3) is 16.1. The van der Waals surface area contributed by atoms with Gasteiger partial charge in [0.05, 0.1) is 60.9 Å². The van der Waals surface area contributed by atoms with Crippen LogP contribution in [-0.2, 0) is 117 Å². The van der Waals surface area contributed by atoms with Crippen LogP contribution in [-0.4, -0.2) is 257 Å². The van der Waals surface area contributed by atoms with Crippen LogP contribution in [0.4, 0.5) is 5.13 Å². The Morgan fingerprint density at radius 1 is 0.623 bits per heavy atom. The first-order valence-corrected chi connectivity index (χ1v) is 38.4. The molecule has 9 aliphatic heterocycles. The molecule has 0 unspecified atom stereocenters. The van der Waals surface area contributed by atoms with Gasteiger partial charge >= 0.3 is 59.4 Å².